The van der Waals surface area contributed by atoms with Crippen LogP contribution in [0.3, 0.4) is 0 Å². The van der Waals surface area contributed by atoms with Crippen LogP contribution in [0.4, 0.5) is 5.69 Å². The molecule has 1 N–H and O–H groups in total. The Balaban J connectivity index is 2.42. The second-order valence-electron chi connectivity index (χ2n) is 4.01. The molecule has 1 aromatic carbocycles. The Kier molecular flexibility index (Phi) is 4.33. The molecule has 2 rings (SSSR count). The third-order valence-electron chi connectivity index (χ3n) is 2.89. The Bertz CT molecular complexity index is 527. The zero-order valence-corrected chi connectivity index (χ0v) is 13.0. The molecule has 0 aromatic heterocycles. The van der Waals surface area contributed by atoms with E-state index in [-0.39, 0.29) is 0 Å². The van der Waals surface area contributed by atoms with Crippen LogP contribution in [0.2, 0.25) is 0 Å². The first-order valence-electron chi connectivity index (χ1n) is 5.61. The summed E-state index contributed by atoms with van der Waals surface area (Å²) in [7, 11) is -1.62. The fourth-order valence-electron chi connectivity index (χ4n) is 1.97. The van der Waals surface area contributed by atoms with Crippen LogP contribution in [-0.4, -0.2) is 41.7 Å². The highest BCUT2D eigenvalue weighted by Gasteiger charge is 2.18. The highest BCUT2D eigenvalue weighted by molar-refractivity contribution is 14.2. The zero-order chi connectivity index (χ0) is 13.2. The van der Waals surface area contributed by atoms with Crippen LogP contribution in [0, 0.1) is 0 Å². The fourth-order valence-corrected chi connectivity index (χ4v) is 3.28. The molecule has 1 heterocycles. The van der Waals surface area contributed by atoms with Crippen LogP contribution in [0.25, 0.3) is 0 Å². The number of nitrogens with zero attached hydrogens (tertiary/aromatic N) is 1. The third-order valence-corrected chi connectivity index (χ3v) is 5.23. The number of methoxy groups -OCH3 is 1. The lowest BCUT2D eigenvalue weighted by atomic mass is 10.2. The van der Waals surface area contributed by atoms with Gasteiger partial charge >= 0.3 is 0 Å². The minimum atomic E-state index is -3.22. The molecule has 100 valence electrons. The smallest absolute Gasteiger partial charge is 0.231 e. The van der Waals surface area contributed by atoms with E-state index >= 15 is 0 Å². The second-order valence-corrected chi connectivity index (χ2v) is 8.83. The van der Waals surface area contributed by atoms with Crippen molar-refractivity contribution in [2.45, 2.75) is 4.90 Å². The highest BCUT2D eigenvalue weighted by Crippen LogP contribution is 2.32. The largest absolute Gasteiger partial charge is 0.495 e. The summed E-state index contributed by atoms with van der Waals surface area (Å²) in [6, 6.07) is 4.97. The number of hydrogen-bond donors (Lipinski definition) is 1. The average molecular weight is 382 g/mol. The number of nitrogens with one attached hydrogen (secondary N) is 1. The summed E-state index contributed by atoms with van der Waals surface area (Å²) in [6.45, 7) is 3.48. The zero-order valence-electron chi connectivity index (χ0n) is 10.0. The van der Waals surface area contributed by atoms with Gasteiger partial charge in [-0.3, -0.25) is 0 Å². The van der Waals surface area contributed by atoms with E-state index in [2.05, 4.69) is 10.2 Å². The maximum absolute atomic E-state index is 11.6. The van der Waals surface area contributed by atoms with Crippen molar-refractivity contribution in [1.29, 1.82) is 0 Å². The van der Waals surface area contributed by atoms with Crippen LogP contribution < -0.4 is 15.0 Å². The van der Waals surface area contributed by atoms with Gasteiger partial charge in [-0.1, -0.05) is 0 Å². The van der Waals surface area contributed by atoms with Crippen LogP contribution in [0.15, 0.2) is 23.1 Å². The van der Waals surface area contributed by atoms with Gasteiger partial charge in [0.2, 0.25) is 7.01 Å². The van der Waals surface area contributed by atoms with Crippen LogP contribution in [-0.2, 0) is 7.01 Å². The summed E-state index contributed by atoms with van der Waals surface area (Å²) >= 11 is 1.45. The first-order valence-corrected chi connectivity index (χ1v) is 9.63. The Morgan fingerprint density at radius 1 is 1.33 bits per heavy atom. The first kappa shape index (κ1) is 13.9. The van der Waals surface area contributed by atoms with Gasteiger partial charge in [0.05, 0.1) is 38.9 Å². The maximum atomic E-state index is 11.6. The molecule has 1 fully saturated rings. The lowest BCUT2D eigenvalue weighted by Crippen LogP contribution is -2.43. The molecule has 0 radical (unpaired) electrons. The van der Waals surface area contributed by atoms with Gasteiger partial charge in [0.15, 0.2) is 0 Å². The number of halogens is 1. The van der Waals surface area contributed by atoms with E-state index < -0.39 is 7.01 Å². The standard InChI is InChI=1S/C11H15IN2O3S/c1-17-11-3-2-9(18(12,15)16)8-10(11)14-6-4-13-5-7-14/h2-3,8,13H,4-7H2,1H3. The molecular weight excluding hydrogens is 367 g/mol. The van der Waals surface area contributed by atoms with Gasteiger partial charge < -0.3 is 15.0 Å². The topological polar surface area (TPSA) is 58.6 Å². The lowest BCUT2D eigenvalue weighted by Gasteiger charge is -2.30. The van der Waals surface area contributed by atoms with Gasteiger partial charge in [-0.15, -0.1) is 0 Å². The number of piperazine rings is 1. The molecule has 0 unspecified atom stereocenters. The normalized spacial score (nSPS) is 16.7. The molecule has 0 amide bonds. The molecule has 1 aliphatic heterocycles. The molecule has 1 aliphatic rings. The molecule has 0 atom stereocenters. The predicted octanol–water partition coefficient (Wildman–Crippen LogP) is 1.23. The Hall–Kier alpha value is -0.540. The lowest BCUT2D eigenvalue weighted by molar-refractivity contribution is 0.412. The van der Waals surface area contributed by atoms with Gasteiger partial charge in [-0.05, 0) is 18.2 Å². The van der Waals surface area contributed by atoms with E-state index in [4.69, 9.17) is 4.74 Å². The van der Waals surface area contributed by atoms with Crippen molar-refractivity contribution >= 4 is 33.9 Å². The molecule has 1 aromatic rings. The van der Waals surface area contributed by atoms with Gasteiger partial charge in [0, 0.05) is 26.2 Å². The van der Waals surface area contributed by atoms with Crippen molar-refractivity contribution < 1.29 is 13.2 Å². The van der Waals surface area contributed by atoms with Crippen LogP contribution in [0.1, 0.15) is 0 Å². The summed E-state index contributed by atoms with van der Waals surface area (Å²) in [6.07, 6.45) is 0. The predicted molar refractivity (Wildman–Crippen MR) is 79.3 cm³/mol. The van der Waals surface area contributed by atoms with E-state index in [0.717, 1.165) is 31.9 Å². The Morgan fingerprint density at radius 3 is 2.56 bits per heavy atom. The number of hydrogen-bond acceptors (Lipinski definition) is 5. The Labute approximate surface area is 119 Å². The summed E-state index contributed by atoms with van der Waals surface area (Å²) in [4.78, 5) is 2.46. The van der Waals surface area contributed by atoms with E-state index in [1.807, 2.05) is 0 Å². The third kappa shape index (κ3) is 3.07. The molecule has 0 aliphatic carbocycles. The van der Waals surface area contributed by atoms with Gasteiger partial charge in [-0.2, -0.15) is 0 Å². The van der Waals surface area contributed by atoms with Crippen molar-refractivity contribution in [2.75, 3.05) is 38.2 Å². The highest BCUT2D eigenvalue weighted by atomic mass is 127. The molecule has 0 spiro atoms. The molecule has 7 heteroatoms. The molecular formula is C11H15IN2O3S. The Morgan fingerprint density at radius 2 is 2.00 bits per heavy atom. The molecule has 0 bridgehead atoms. The second kappa shape index (κ2) is 5.62. The van der Waals surface area contributed by atoms with Gasteiger partial charge in [0.1, 0.15) is 5.75 Å². The molecule has 1 saturated heterocycles. The van der Waals surface area contributed by atoms with E-state index in [0.29, 0.717) is 10.6 Å². The minimum Gasteiger partial charge on any atom is -0.495 e. The van der Waals surface area contributed by atoms with Crippen molar-refractivity contribution in [3.05, 3.63) is 18.2 Å². The quantitative estimate of drug-likeness (QED) is 0.630. The monoisotopic (exact) mass is 382 g/mol. The van der Waals surface area contributed by atoms with E-state index in [1.165, 1.54) is 21.2 Å². The molecule has 5 nitrogen and oxygen atoms in total. The van der Waals surface area contributed by atoms with Gasteiger partial charge in [-0.25, -0.2) is 8.42 Å². The first-order chi connectivity index (χ1) is 8.52. The van der Waals surface area contributed by atoms with E-state index in [1.54, 1.807) is 25.3 Å². The number of rotatable bonds is 3. The number of benzene rings is 1. The average Bonchev–Trinajstić information content (AvgIpc) is 2.38. The summed E-state index contributed by atoms with van der Waals surface area (Å²) in [5.41, 5.74) is 0.844. The SMILES string of the molecule is COc1ccc(S(=O)(=O)I)cc1N1CCNCC1. The molecule has 18 heavy (non-hydrogen) atoms. The number of ether oxygens (including phenoxy) is 1. The summed E-state index contributed by atoms with van der Waals surface area (Å²) in [5.74, 6) is 0.709. The van der Waals surface area contributed by atoms with Crippen LogP contribution in [0.5, 0.6) is 5.75 Å². The molecule has 0 saturated carbocycles. The summed E-state index contributed by atoms with van der Waals surface area (Å²) in [5, 5.41) is 3.26. The minimum absolute atomic E-state index is 0.317. The van der Waals surface area contributed by atoms with Crippen molar-refractivity contribution in [3.63, 3.8) is 0 Å². The fraction of sp³-hybridized carbons (Fsp3) is 0.455. The summed E-state index contributed by atoms with van der Waals surface area (Å²) < 4.78 is 28.5. The van der Waals surface area contributed by atoms with Crippen LogP contribution >= 0.6 is 21.2 Å². The maximum Gasteiger partial charge on any atom is 0.231 e. The van der Waals surface area contributed by atoms with Crippen molar-refractivity contribution in [1.82, 2.24) is 5.32 Å². The van der Waals surface area contributed by atoms with Gasteiger partial charge in [0.25, 0.3) is 0 Å². The van der Waals surface area contributed by atoms with Crippen molar-refractivity contribution in [3.8, 4) is 5.75 Å². The van der Waals surface area contributed by atoms with Crippen molar-refractivity contribution in [2.24, 2.45) is 0 Å². The number of anilines is 1. The van der Waals surface area contributed by atoms with E-state index in [9.17, 15) is 8.42 Å².